The highest BCUT2D eigenvalue weighted by Crippen LogP contribution is 2.31. The lowest BCUT2D eigenvalue weighted by Crippen LogP contribution is -2.56. The van der Waals surface area contributed by atoms with Crippen molar-refractivity contribution in [3.8, 4) is 11.5 Å². The Labute approximate surface area is 135 Å². The van der Waals surface area contributed by atoms with E-state index >= 15 is 0 Å². The zero-order chi connectivity index (χ0) is 14.6. The van der Waals surface area contributed by atoms with Gasteiger partial charge in [0.25, 0.3) is 5.91 Å². The predicted molar refractivity (Wildman–Crippen MR) is 85.1 cm³/mol. The third-order valence-corrected chi connectivity index (χ3v) is 5.52. The summed E-state index contributed by atoms with van der Waals surface area (Å²) in [6, 6.07) is 7.36. The van der Waals surface area contributed by atoms with Crippen molar-refractivity contribution in [1.29, 1.82) is 0 Å². The molecule has 6 heteroatoms. The first-order valence-corrected chi connectivity index (χ1v) is 8.71. The minimum atomic E-state index is -0.617. The van der Waals surface area contributed by atoms with Gasteiger partial charge in [-0.3, -0.25) is 4.79 Å². The fourth-order valence-electron chi connectivity index (χ4n) is 1.87. The Morgan fingerprint density at radius 2 is 2.00 bits per heavy atom. The number of carbonyl (C=O) groups excluding carboxylic acids is 1. The lowest BCUT2D eigenvalue weighted by molar-refractivity contribution is -0.131. The summed E-state index contributed by atoms with van der Waals surface area (Å²) in [5, 5.41) is 4.40. The van der Waals surface area contributed by atoms with Gasteiger partial charge in [0, 0.05) is 10.7 Å². The monoisotopic (exact) mass is 405 g/mol. The number of ether oxygens (including phenoxy) is 2. The average Bonchev–Trinajstić information content (AvgIpc) is 2.52. The van der Waals surface area contributed by atoms with E-state index in [1.807, 2.05) is 25.1 Å². The van der Waals surface area contributed by atoms with Gasteiger partial charge in [0.1, 0.15) is 6.61 Å². The lowest BCUT2D eigenvalue weighted by atomic mass is 10.0. The Morgan fingerprint density at radius 1 is 1.35 bits per heavy atom. The quantitative estimate of drug-likeness (QED) is 0.764. The highest BCUT2D eigenvalue weighted by molar-refractivity contribution is 9.09. The summed E-state index contributed by atoms with van der Waals surface area (Å²) >= 11 is 6.91. The maximum absolute atomic E-state index is 12.3. The molecular weight excluding hydrogens is 390 g/mol. The third kappa shape index (κ3) is 3.28. The molecule has 0 spiro atoms. The van der Waals surface area contributed by atoms with Crippen LogP contribution in [-0.4, -0.2) is 34.8 Å². The highest BCUT2D eigenvalue weighted by Gasteiger charge is 2.34. The van der Waals surface area contributed by atoms with Gasteiger partial charge >= 0.3 is 0 Å². The Balaban J connectivity index is 2.05. The molecule has 110 valence electrons. The maximum Gasteiger partial charge on any atom is 0.265 e. The van der Waals surface area contributed by atoms with Gasteiger partial charge in [-0.25, -0.2) is 0 Å². The van der Waals surface area contributed by atoms with Crippen LogP contribution in [0.25, 0.3) is 0 Å². The van der Waals surface area contributed by atoms with Gasteiger partial charge < -0.3 is 14.8 Å². The first-order chi connectivity index (χ1) is 9.64. The molecule has 1 heterocycles. The van der Waals surface area contributed by atoms with E-state index in [0.29, 0.717) is 22.2 Å². The topological polar surface area (TPSA) is 47.6 Å². The molecule has 20 heavy (non-hydrogen) atoms. The standard InChI is InChI=1S/C14H17Br2NO3/c1-2-14(8-15,9-16)17-13(18)12-7-19-10-5-3-4-6-11(10)20-12/h3-6,12H,2,7-9H2,1H3,(H,17,18). The lowest BCUT2D eigenvalue weighted by Gasteiger charge is -2.33. The SMILES string of the molecule is CCC(CBr)(CBr)NC(=O)C1COc2ccccc2O1. The number of amides is 1. The van der Waals surface area contributed by atoms with E-state index in [1.54, 1.807) is 6.07 Å². The van der Waals surface area contributed by atoms with Crippen LogP contribution in [0, 0.1) is 0 Å². The van der Waals surface area contributed by atoms with E-state index in [1.165, 1.54) is 0 Å². The van der Waals surface area contributed by atoms with Crippen molar-refractivity contribution in [1.82, 2.24) is 5.32 Å². The fraction of sp³-hybridized carbons (Fsp3) is 0.500. The molecule has 1 atom stereocenters. The molecule has 2 rings (SSSR count). The number of rotatable bonds is 5. The minimum absolute atomic E-state index is 0.153. The van der Waals surface area contributed by atoms with Crippen LogP contribution in [0.5, 0.6) is 11.5 Å². The Kier molecular flexibility index (Phi) is 5.32. The van der Waals surface area contributed by atoms with Crippen molar-refractivity contribution in [3.05, 3.63) is 24.3 Å². The second-order valence-electron chi connectivity index (χ2n) is 4.75. The number of para-hydroxylation sites is 2. The van der Waals surface area contributed by atoms with Gasteiger partial charge in [0.15, 0.2) is 11.5 Å². The summed E-state index contributed by atoms with van der Waals surface area (Å²) in [6.45, 7) is 2.27. The fourth-order valence-corrected chi connectivity index (χ4v) is 3.87. The molecule has 1 aromatic carbocycles. The van der Waals surface area contributed by atoms with Crippen molar-refractivity contribution in [2.75, 3.05) is 17.3 Å². The van der Waals surface area contributed by atoms with Crippen molar-refractivity contribution in [3.63, 3.8) is 0 Å². The number of fused-ring (bicyclic) bond motifs is 1. The molecular formula is C14H17Br2NO3. The predicted octanol–water partition coefficient (Wildman–Crippen LogP) is 2.88. The van der Waals surface area contributed by atoms with Crippen molar-refractivity contribution in [2.45, 2.75) is 25.0 Å². The summed E-state index contributed by atoms with van der Waals surface area (Å²) in [4.78, 5) is 12.3. The number of hydrogen-bond acceptors (Lipinski definition) is 3. The second-order valence-corrected chi connectivity index (χ2v) is 5.88. The molecule has 0 saturated heterocycles. The van der Waals surface area contributed by atoms with Crippen LogP contribution < -0.4 is 14.8 Å². The van der Waals surface area contributed by atoms with Crippen LogP contribution in [0.2, 0.25) is 0 Å². The van der Waals surface area contributed by atoms with E-state index in [0.717, 1.165) is 6.42 Å². The highest BCUT2D eigenvalue weighted by atomic mass is 79.9. The van der Waals surface area contributed by atoms with E-state index < -0.39 is 6.10 Å². The van der Waals surface area contributed by atoms with Gasteiger partial charge in [0.05, 0.1) is 5.54 Å². The van der Waals surface area contributed by atoms with Gasteiger partial charge in [0.2, 0.25) is 6.10 Å². The van der Waals surface area contributed by atoms with E-state index in [9.17, 15) is 4.79 Å². The molecule has 1 aliphatic rings. The molecule has 0 radical (unpaired) electrons. The van der Waals surface area contributed by atoms with Crippen LogP contribution in [0.4, 0.5) is 0 Å². The zero-order valence-corrected chi connectivity index (χ0v) is 14.4. The van der Waals surface area contributed by atoms with E-state index in [2.05, 4.69) is 37.2 Å². The summed E-state index contributed by atoms with van der Waals surface area (Å²) in [5.74, 6) is 1.14. The second kappa shape index (κ2) is 6.80. The zero-order valence-electron chi connectivity index (χ0n) is 11.2. The largest absolute Gasteiger partial charge is 0.485 e. The molecule has 1 unspecified atom stereocenters. The molecule has 1 amide bonds. The molecule has 1 aromatic rings. The van der Waals surface area contributed by atoms with Crippen LogP contribution in [0.3, 0.4) is 0 Å². The van der Waals surface area contributed by atoms with Crippen LogP contribution in [0.1, 0.15) is 13.3 Å². The smallest absolute Gasteiger partial charge is 0.265 e. The molecule has 0 saturated carbocycles. The molecule has 0 aliphatic carbocycles. The number of benzene rings is 1. The summed E-state index contributed by atoms with van der Waals surface area (Å²) in [6.07, 6.45) is 0.202. The summed E-state index contributed by atoms with van der Waals surface area (Å²) in [5.41, 5.74) is -0.308. The Morgan fingerprint density at radius 3 is 2.60 bits per heavy atom. The average molecular weight is 407 g/mol. The maximum atomic E-state index is 12.3. The van der Waals surface area contributed by atoms with Crippen molar-refractivity contribution >= 4 is 37.8 Å². The first-order valence-electron chi connectivity index (χ1n) is 6.46. The summed E-state index contributed by atoms with van der Waals surface area (Å²) in [7, 11) is 0. The van der Waals surface area contributed by atoms with Crippen molar-refractivity contribution in [2.24, 2.45) is 0 Å². The van der Waals surface area contributed by atoms with Gasteiger partial charge in [-0.2, -0.15) is 0 Å². The first kappa shape index (κ1) is 15.6. The van der Waals surface area contributed by atoms with Gasteiger partial charge in [-0.05, 0) is 18.6 Å². The number of carbonyl (C=O) groups is 1. The molecule has 1 N–H and O–H groups in total. The molecule has 1 aliphatic heterocycles. The number of nitrogens with one attached hydrogen (secondary N) is 1. The van der Waals surface area contributed by atoms with E-state index in [-0.39, 0.29) is 18.1 Å². The number of hydrogen-bond donors (Lipinski definition) is 1. The Hall–Kier alpha value is -0.750. The van der Waals surface area contributed by atoms with Crippen LogP contribution in [0.15, 0.2) is 24.3 Å². The van der Waals surface area contributed by atoms with Crippen LogP contribution in [-0.2, 0) is 4.79 Å². The normalized spacial score (nSPS) is 17.6. The van der Waals surface area contributed by atoms with Crippen LogP contribution >= 0.6 is 31.9 Å². The third-order valence-electron chi connectivity index (χ3n) is 3.38. The van der Waals surface area contributed by atoms with Gasteiger partial charge in [-0.15, -0.1) is 0 Å². The van der Waals surface area contributed by atoms with Gasteiger partial charge in [-0.1, -0.05) is 50.9 Å². The van der Waals surface area contributed by atoms with E-state index in [4.69, 9.17) is 9.47 Å². The number of alkyl halides is 2. The molecule has 4 nitrogen and oxygen atoms in total. The Bertz CT molecular complexity index is 469. The summed E-state index contributed by atoms with van der Waals surface area (Å²) < 4.78 is 11.3. The molecule has 0 aromatic heterocycles. The molecule has 0 fully saturated rings. The minimum Gasteiger partial charge on any atom is -0.485 e. The van der Waals surface area contributed by atoms with Crippen molar-refractivity contribution < 1.29 is 14.3 Å². The number of halogens is 2. The molecule has 0 bridgehead atoms.